The molecule has 0 saturated carbocycles. The molecule has 15 nitrogen and oxygen atoms in total. The number of benzene rings is 17. The number of thiophene rings is 1. The van der Waals surface area contributed by atoms with E-state index in [0.717, 1.165) is 231 Å². The van der Waals surface area contributed by atoms with E-state index in [4.69, 9.17) is 35.3 Å². The molecule has 0 aliphatic rings. The van der Waals surface area contributed by atoms with Gasteiger partial charge < -0.3 is 53.6 Å². The summed E-state index contributed by atoms with van der Waals surface area (Å²) < 4.78 is 62.0. The van der Waals surface area contributed by atoms with E-state index in [1.807, 2.05) is 96.7 Å². The quantitative estimate of drug-likeness (QED) is 0.149. The van der Waals surface area contributed by atoms with Crippen LogP contribution in [0.1, 0.15) is 0 Å². The summed E-state index contributed by atoms with van der Waals surface area (Å²) in [7, 11) is 0. The van der Waals surface area contributed by atoms with Crippen LogP contribution in [0, 0.1) is 0 Å². The predicted octanol–water partition coefficient (Wildman–Crippen LogP) is 33.0. The second-order valence-corrected chi connectivity index (χ2v) is 35.3. The molecule has 33 aromatic rings. The van der Waals surface area contributed by atoms with Gasteiger partial charge in [-0.1, -0.05) is 176 Å². The van der Waals surface area contributed by atoms with Crippen LogP contribution < -0.4 is 0 Å². The van der Waals surface area contributed by atoms with Gasteiger partial charge in [-0.05, 0) is 221 Å². The Kier molecular flexibility index (Phi) is 14.8. The van der Waals surface area contributed by atoms with Crippen LogP contribution in [0.3, 0.4) is 0 Å². The Morgan fingerprint density at radius 1 is 0.165 bits per heavy atom. The van der Waals surface area contributed by atoms with Crippen LogP contribution in [0.4, 0.5) is 0 Å². The van der Waals surface area contributed by atoms with Crippen LogP contribution in [-0.4, -0.2) is 33.2 Å². The third-order valence-electron chi connectivity index (χ3n) is 27.1. The van der Waals surface area contributed by atoms with Crippen LogP contribution >= 0.6 is 11.3 Å². The number of pyridine rings is 3. The Morgan fingerprint density at radius 3 is 0.737 bits per heavy atom. The molecule has 0 spiro atoms. The third kappa shape index (κ3) is 10.3. The molecule has 0 saturated heterocycles. The molecular formula is C117H63N7O8S. The fourth-order valence-corrected chi connectivity index (χ4v) is 22.8. The summed E-state index contributed by atoms with van der Waals surface area (Å²) in [6.45, 7) is 0. The maximum absolute atomic E-state index is 6.32. The fourth-order valence-electron chi connectivity index (χ4n) is 21.7. The van der Waals surface area contributed by atoms with Crippen LogP contribution in [0.2, 0.25) is 0 Å². The average molecular weight is 1730 g/mol. The predicted molar refractivity (Wildman–Crippen MR) is 539 cm³/mol. The Hall–Kier alpha value is -18.0. The number of furan rings is 8. The van der Waals surface area contributed by atoms with Crippen LogP contribution in [0.25, 0.3) is 296 Å². The molecular weight excluding hydrogens is 1660 g/mol. The van der Waals surface area contributed by atoms with Crippen molar-refractivity contribution in [2.45, 2.75) is 0 Å². The SMILES string of the molecule is c1ccc(-c2cccc(-n3c4cccc5oc6ccc7oc8cccc3c8c7c6c54)c2)cc1.c1ccc(-c2cccc(-n3c4cccc5oc6ccc7oc8nccc3c8c7c6c54)c2)cc1.c1ccc(-c2cccc(-n3c4ccnc5oc6ccc7oc8nccc3c8c7c6c54)c2)cc1.c1ccc2c(c1)sc1ccc(-n3c4cccc5oc6ccc7oc8cccc3c8c7c6c54)cc12. The number of hydrogen-bond donors (Lipinski definition) is 0. The van der Waals surface area contributed by atoms with Crippen LogP contribution in [0.15, 0.2) is 418 Å². The molecule has 620 valence electrons. The van der Waals surface area contributed by atoms with Gasteiger partial charge >= 0.3 is 0 Å². The Morgan fingerprint density at radius 2 is 0.414 bits per heavy atom. The summed E-state index contributed by atoms with van der Waals surface area (Å²) >= 11 is 1.85. The molecule has 0 aliphatic carbocycles. The van der Waals surface area contributed by atoms with Crippen molar-refractivity contribution in [3.8, 4) is 56.1 Å². The minimum absolute atomic E-state index is 0.620. The summed E-state index contributed by atoms with van der Waals surface area (Å²) in [6.07, 6.45) is 5.44. The van der Waals surface area contributed by atoms with Gasteiger partial charge in [0.15, 0.2) is 0 Å². The van der Waals surface area contributed by atoms with Crippen molar-refractivity contribution in [3.63, 3.8) is 0 Å². The molecule has 133 heavy (non-hydrogen) atoms. The highest BCUT2D eigenvalue weighted by Crippen LogP contribution is 2.52. The van der Waals surface area contributed by atoms with E-state index in [0.29, 0.717) is 17.1 Å². The Balaban J connectivity index is 0.0000000849. The molecule has 17 aromatic carbocycles. The average Bonchev–Trinajstić information content (AvgIpc) is 1.56. The molecule has 33 rings (SSSR count). The van der Waals surface area contributed by atoms with E-state index in [2.05, 4.69) is 330 Å². The van der Waals surface area contributed by atoms with Crippen LogP contribution in [-0.2, 0) is 0 Å². The van der Waals surface area contributed by atoms with Gasteiger partial charge in [-0.15, -0.1) is 11.3 Å². The normalized spacial score (nSPS) is 12.4. The van der Waals surface area contributed by atoms with E-state index >= 15 is 0 Å². The minimum Gasteiger partial charge on any atom is -0.456 e. The first-order valence-electron chi connectivity index (χ1n) is 44.3. The highest BCUT2D eigenvalue weighted by molar-refractivity contribution is 7.25. The van der Waals surface area contributed by atoms with Crippen molar-refractivity contribution in [2.75, 3.05) is 0 Å². The summed E-state index contributed by atoms with van der Waals surface area (Å²) in [5.41, 5.74) is 33.3. The van der Waals surface area contributed by atoms with Gasteiger partial charge in [0.2, 0.25) is 17.1 Å². The molecule has 0 N–H and O–H groups in total. The van der Waals surface area contributed by atoms with Crippen molar-refractivity contribution < 1.29 is 35.3 Å². The number of aromatic nitrogens is 7. The summed E-state index contributed by atoms with van der Waals surface area (Å²) in [6, 6.07) is 127. The molecule has 0 bridgehead atoms. The van der Waals surface area contributed by atoms with Crippen molar-refractivity contribution in [1.82, 2.24) is 33.2 Å². The molecule has 0 radical (unpaired) electrons. The minimum atomic E-state index is 0.620. The van der Waals surface area contributed by atoms with Gasteiger partial charge in [0, 0.05) is 105 Å². The standard InChI is InChI=1S/C30H15NO2S.C30H17NO2.C29H16N2O2.C28H15N3O2/c1-2-10-25-17(5-1)18-15-16(11-14-26(18)34-25)31-19-6-3-8-21-27(19)29-23(32-21)12-13-24-30(29)28-20(31)7-4-9-22(28)33-24;1-2-7-18(8-3-1)19-9-4-10-20(17-19)31-21-11-5-13-23-27(21)29-25(32-23)15-16-26-30(29)28-22(31)12-6-14-24(28)33-26;1-2-6-17(7-3-1)18-8-4-9-19(16-18)31-20-10-5-11-22-25(20)27-23(32-22)12-13-24-28(27)26-21(31)14-15-30-29(26)33-24;1-2-5-16(6-3-1)17-7-4-8-18(15-17)31-19-11-13-29-27-23(19)25-21(32-27)9-10-22-26(25)24-20(31)12-14-30-28(24)33-22/h1-15H;1-17H;1-16H;1-15H. The molecule has 16 aromatic heterocycles. The second kappa shape index (κ2) is 27.3. The number of rotatable bonds is 7. The topological polar surface area (TPSA) is 164 Å². The van der Waals surface area contributed by atoms with Gasteiger partial charge in [-0.25, -0.2) is 15.0 Å². The highest BCUT2D eigenvalue weighted by Gasteiger charge is 2.30. The molecule has 0 atom stereocenters. The van der Waals surface area contributed by atoms with Gasteiger partial charge in [0.05, 0.1) is 87.2 Å². The summed E-state index contributed by atoms with van der Waals surface area (Å²) in [4.78, 5) is 13.7. The van der Waals surface area contributed by atoms with E-state index in [-0.39, 0.29) is 0 Å². The van der Waals surface area contributed by atoms with Crippen molar-refractivity contribution in [2.24, 2.45) is 0 Å². The molecule has 0 fully saturated rings. The highest BCUT2D eigenvalue weighted by atomic mass is 32.1. The number of hydrogen-bond acceptors (Lipinski definition) is 12. The van der Waals surface area contributed by atoms with Crippen molar-refractivity contribution >= 4 is 252 Å². The summed E-state index contributed by atoms with van der Waals surface area (Å²) in [5.74, 6) is 0. The van der Waals surface area contributed by atoms with Crippen molar-refractivity contribution in [3.05, 3.63) is 383 Å². The lowest BCUT2D eigenvalue weighted by Gasteiger charge is -2.13. The molecule has 0 amide bonds. The van der Waals surface area contributed by atoms with E-state index in [1.165, 1.54) is 48.0 Å². The lowest BCUT2D eigenvalue weighted by atomic mass is 10.0. The first kappa shape index (κ1) is 72.1. The van der Waals surface area contributed by atoms with Crippen molar-refractivity contribution in [1.29, 1.82) is 0 Å². The first-order valence-corrected chi connectivity index (χ1v) is 45.1. The Bertz CT molecular complexity index is 9440. The van der Waals surface area contributed by atoms with Gasteiger partial charge in [0.1, 0.15) is 72.6 Å². The maximum Gasteiger partial charge on any atom is 0.229 e. The maximum atomic E-state index is 6.32. The number of fused-ring (bicyclic) bond motifs is 3. The molecule has 0 unspecified atom stereocenters. The monoisotopic (exact) mass is 1730 g/mol. The van der Waals surface area contributed by atoms with E-state index in [9.17, 15) is 0 Å². The van der Waals surface area contributed by atoms with E-state index < -0.39 is 0 Å². The molecule has 16 heteroatoms. The number of nitrogens with zero attached hydrogens (tertiary/aromatic N) is 7. The zero-order valence-electron chi connectivity index (χ0n) is 70.2. The largest absolute Gasteiger partial charge is 0.456 e. The zero-order valence-corrected chi connectivity index (χ0v) is 71.0. The third-order valence-corrected chi connectivity index (χ3v) is 28.3. The van der Waals surface area contributed by atoms with Crippen LogP contribution in [0.5, 0.6) is 0 Å². The van der Waals surface area contributed by atoms with Gasteiger partial charge in [0.25, 0.3) is 0 Å². The molecule has 0 aliphatic heterocycles. The Labute approximate surface area is 753 Å². The smallest absolute Gasteiger partial charge is 0.229 e. The van der Waals surface area contributed by atoms with Gasteiger partial charge in [-0.3, -0.25) is 0 Å². The van der Waals surface area contributed by atoms with E-state index in [1.54, 1.807) is 0 Å². The lowest BCUT2D eigenvalue weighted by Crippen LogP contribution is -1.98. The zero-order chi connectivity index (χ0) is 86.5. The lowest BCUT2D eigenvalue weighted by molar-refractivity contribution is 0.648. The van der Waals surface area contributed by atoms with Gasteiger partial charge in [-0.2, -0.15) is 0 Å². The fraction of sp³-hybridized carbons (Fsp3) is 0. The summed E-state index contributed by atoms with van der Waals surface area (Å²) in [5, 5.41) is 20.0. The molecule has 16 heterocycles. The second-order valence-electron chi connectivity index (χ2n) is 34.2. The first-order chi connectivity index (χ1) is 65.9.